The molecule has 0 aliphatic carbocycles. The van der Waals surface area contributed by atoms with E-state index in [9.17, 15) is 9.59 Å². The van der Waals surface area contributed by atoms with E-state index in [2.05, 4.69) is 55.3 Å². The molecule has 184 valence electrons. The van der Waals surface area contributed by atoms with Crippen molar-refractivity contribution >= 4 is 34.8 Å². The second-order valence-electron chi connectivity index (χ2n) is 10.1. The molecule has 0 radical (unpaired) electrons. The summed E-state index contributed by atoms with van der Waals surface area (Å²) in [7, 11) is 0. The van der Waals surface area contributed by atoms with E-state index in [1.54, 1.807) is 11.3 Å². The Kier molecular flexibility index (Phi) is 8.01. The Hall–Kier alpha value is -1.89. The van der Waals surface area contributed by atoms with E-state index in [1.165, 1.54) is 15.3 Å². The highest BCUT2D eigenvalue weighted by atomic mass is 35.5. The van der Waals surface area contributed by atoms with Gasteiger partial charge in [-0.15, -0.1) is 11.3 Å². The molecule has 4 rings (SSSR count). The van der Waals surface area contributed by atoms with Crippen LogP contribution in [-0.4, -0.2) is 52.8 Å². The predicted octanol–water partition coefficient (Wildman–Crippen LogP) is 5.58. The molecule has 7 heteroatoms. The van der Waals surface area contributed by atoms with Crippen LogP contribution in [0.1, 0.15) is 57.8 Å². The summed E-state index contributed by atoms with van der Waals surface area (Å²) in [5.41, 5.74) is 0.485. The molecule has 1 N–H and O–H groups in total. The summed E-state index contributed by atoms with van der Waals surface area (Å²) >= 11 is 7.83. The van der Waals surface area contributed by atoms with Crippen molar-refractivity contribution in [1.82, 2.24) is 15.1 Å². The van der Waals surface area contributed by atoms with Crippen LogP contribution >= 0.6 is 22.9 Å². The highest BCUT2D eigenvalue weighted by Crippen LogP contribution is 2.36. The van der Waals surface area contributed by atoms with Crippen molar-refractivity contribution in [3.05, 3.63) is 46.3 Å². The number of thiophene rings is 1. The average Bonchev–Trinajstić information content (AvgIpc) is 3.27. The van der Waals surface area contributed by atoms with Crippen LogP contribution in [-0.2, 0) is 16.1 Å². The summed E-state index contributed by atoms with van der Waals surface area (Å²) < 4.78 is 0. The number of benzene rings is 1. The standard InChI is InChI=1S/C27H36ClN3O2S/c1-4-5-14-31-25(32)23(17-19(2)3)29-26(33)27(31)12-15-30(16-13-27)18-22-10-11-24(34-22)20-6-8-21(28)9-7-20/h6-11,19,23H,4-5,12-18H2,1-3H3,(H,29,33). The second-order valence-corrected chi connectivity index (χ2v) is 11.7. The molecule has 2 aliphatic heterocycles. The van der Waals surface area contributed by atoms with Gasteiger partial charge in [0, 0.05) is 41.0 Å². The van der Waals surface area contributed by atoms with Crippen molar-refractivity contribution in [3.8, 4) is 10.4 Å². The number of carbonyl (C=O) groups excluding carboxylic acids is 2. The number of carbonyl (C=O) groups is 2. The van der Waals surface area contributed by atoms with Crippen molar-refractivity contribution in [2.75, 3.05) is 19.6 Å². The molecule has 0 bridgehead atoms. The van der Waals surface area contributed by atoms with Gasteiger partial charge in [0.25, 0.3) is 0 Å². The Morgan fingerprint density at radius 1 is 1.12 bits per heavy atom. The molecule has 1 aromatic heterocycles. The first kappa shape index (κ1) is 25.2. The third-order valence-corrected chi connectivity index (χ3v) is 8.48. The van der Waals surface area contributed by atoms with Crippen molar-refractivity contribution in [2.24, 2.45) is 5.92 Å². The lowest BCUT2D eigenvalue weighted by Gasteiger charge is -2.52. The highest BCUT2D eigenvalue weighted by Gasteiger charge is 2.53. The number of rotatable bonds is 8. The maximum Gasteiger partial charge on any atom is 0.246 e. The Balaban J connectivity index is 1.43. The van der Waals surface area contributed by atoms with Gasteiger partial charge in [0.1, 0.15) is 11.6 Å². The highest BCUT2D eigenvalue weighted by molar-refractivity contribution is 7.15. The Morgan fingerprint density at radius 3 is 2.47 bits per heavy atom. The second kappa shape index (κ2) is 10.8. The number of halogens is 1. The SMILES string of the molecule is CCCCN1C(=O)C(CC(C)C)NC(=O)C12CCN(Cc1ccc(-c3ccc(Cl)cc3)s1)CC2. The number of piperazine rings is 1. The molecule has 1 unspecified atom stereocenters. The van der Waals surface area contributed by atoms with Gasteiger partial charge in [-0.25, -0.2) is 0 Å². The number of likely N-dealkylation sites (tertiary alicyclic amines) is 1. The summed E-state index contributed by atoms with van der Waals surface area (Å²) in [4.78, 5) is 33.7. The van der Waals surface area contributed by atoms with Crippen molar-refractivity contribution in [3.63, 3.8) is 0 Å². The van der Waals surface area contributed by atoms with Crippen LogP contribution in [0.2, 0.25) is 5.02 Å². The van der Waals surface area contributed by atoms with E-state index >= 15 is 0 Å². The van der Waals surface area contributed by atoms with E-state index < -0.39 is 5.54 Å². The summed E-state index contributed by atoms with van der Waals surface area (Å²) in [5, 5.41) is 3.85. The Morgan fingerprint density at radius 2 is 1.82 bits per heavy atom. The van der Waals surface area contributed by atoms with E-state index in [0.29, 0.717) is 31.7 Å². The topological polar surface area (TPSA) is 52.7 Å². The summed E-state index contributed by atoms with van der Waals surface area (Å²) in [6, 6.07) is 11.9. The van der Waals surface area contributed by atoms with Crippen LogP contribution in [0.15, 0.2) is 36.4 Å². The monoisotopic (exact) mass is 501 g/mol. The molecule has 2 aliphatic rings. The molecule has 1 aromatic carbocycles. The lowest BCUT2D eigenvalue weighted by Crippen LogP contribution is -2.73. The largest absolute Gasteiger partial charge is 0.342 e. The van der Waals surface area contributed by atoms with Crippen LogP contribution in [0.5, 0.6) is 0 Å². The number of piperidine rings is 1. The summed E-state index contributed by atoms with van der Waals surface area (Å²) in [5.74, 6) is 0.525. The van der Waals surface area contributed by atoms with Crippen LogP contribution in [0, 0.1) is 5.92 Å². The molecule has 2 aromatic rings. The third kappa shape index (κ3) is 5.34. The zero-order chi connectivity index (χ0) is 24.3. The molecular formula is C27H36ClN3O2S. The number of amides is 2. The molecule has 2 amide bonds. The Bertz CT molecular complexity index is 996. The molecule has 0 saturated carbocycles. The number of nitrogens with one attached hydrogen (secondary N) is 1. The van der Waals surface area contributed by atoms with Crippen molar-refractivity contribution in [2.45, 2.75) is 71.0 Å². The molecular weight excluding hydrogens is 466 g/mol. The van der Waals surface area contributed by atoms with Gasteiger partial charge in [-0.05, 0) is 61.4 Å². The van der Waals surface area contributed by atoms with E-state index in [-0.39, 0.29) is 17.9 Å². The maximum absolute atomic E-state index is 13.4. The lowest BCUT2D eigenvalue weighted by molar-refractivity contribution is -0.161. The summed E-state index contributed by atoms with van der Waals surface area (Å²) in [6.07, 6.45) is 4.03. The summed E-state index contributed by atoms with van der Waals surface area (Å²) in [6.45, 7) is 9.50. The van der Waals surface area contributed by atoms with Gasteiger partial charge >= 0.3 is 0 Å². The minimum absolute atomic E-state index is 0.0506. The van der Waals surface area contributed by atoms with Gasteiger partial charge in [0.05, 0.1) is 0 Å². The number of hydrogen-bond donors (Lipinski definition) is 1. The fraction of sp³-hybridized carbons (Fsp3) is 0.556. The molecule has 2 fully saturated rings. The fourth-order valence-corrected chi connectivity index (χ4v) is 6.36. The van der Waals surface area contributed by atoms with Crippen LogP contribution in [0.25, 0.3) is 10.4 Å². The quantitative estimate of drug-likeness (QED) is 0.514. The van der Waals surface area contributed by atoms with Gasteiger partial charge in [0.15, 0.2) is 0 Å². The molecule has 1 spiro atoms. The number of nitrogens with zero attached hydrogens (tertiary/aromatic N) is 2. The minimum Gasteiger partial charge on any atom is -0.342 e. The first-order chi connectivity index (χ1) is 16.3. The van der Waals surface area contributed by atoms with Gasteiger partial charge in [-0.3, -0.25) is 14.5 Å². The van der Waals surface area contributed by atoms with Gasteiger partial charge < -0.3 is 10.2 Å². The van der Waals surface area contributed by atoms with Crippen molar-refractivity contribution < 1.29 is 9.59 Å². The average molecular weight is 502 g/mol. The first-order valence-corrected chi connectivity index (χ1v) is 13.7. The zero-order valence-corrected chi connectivity index (χ0v) is 22.1. The predicted molar refractivity (Wildman–Crippen MR) is 140 cm³/mol. The molecule has 1 atom stereocenters. The zero-order valence-electron chi connectivity index (χ0n) is 20.5. The first-order valence-electron chi connectivity index (χ1n) is 12.5. The fourth-order valence-electron chi connectivity index (χ4n) is 5.18. The Labute approximate surface area is 212 Å². The minimum atomic E-state index is -0.694. The van der Waals surface area contributed by atoms with Gasteiger partial charge in [-0.2, -0.15) is 0 Å². The van der Waals surface area contributed by atoms with E-state index in [4.69, 9.17) is 11.6 Å². The maximum atomic E-state index is 13.4. The number of hydrogen-bond acceptors (Lipinski definition) is 4. The lowest BCUT2D eigenvalue weighted by atomic mass is 9.80. The molecule has 3 heterocycles. The van der Waals surface area contributed by atoms with Crippen molar-refractivity contribution in [1.29, 1.82) is 0 Å². The van der Waals surface area contributed by atoms with E-state index in [1.807, 2.05) is 17.0 Å². The molecule has 2 saturated heterocycles. The van der Waals surface area contributed by atoms with Crippen LogP contribution < -0.4 is 5.32 Å². The van der Waals surface area contributed by atoms with E-state index in [0.717, 1.165) is 37.5 Å². The third-order valence-electron chi connectivity index (χ3n) is 7.10. The molecule has 34 heavy (non-hydrogen) atoms. The number of unbranched alkanes of at least 4 members (excludes halogenated alkanes) is 1. The van der Waals surface area contributed by atoms with Crippen LogP contribution in [0.3, 0.4) is 0 Å². The van der Waals surface area contributed by atoms with Crippen LogP contribution in [0.4, 0.5) is 0 Å². The van der Waals surface area contributed by atoms with Gasteiger partial charge in [-0.1, -0.05) is 50.9 Å². The smallest absolute Gasteiger partial charge is 0.246 e. The normalized spacial score (nSPS) is 20.9. The van der Waals surface area contributed by atoms with Gasteiger partial charge in [0.2, 0.25) is 11.8 Å². The molecule has 5 nitrogen and oxygen atoms in total.